The van der Waals surface area contributed by atoms with Crippen molar-refractivity contribution in [2.24, 2.45) is 0 Å². The number of hydrogen-bond donors (Lipinski definition) is 1. The molecular formula is C18H22FN5O2. The van der Waals surface area contributed by atoms with Crippen molar-refractivity contribution in [1.29, 1.82) is 0 Å². The molecule has 1 amide bonds. The van der Waals surface area contributed by atoms with E-state index in [-0.39, 0.29) is 5.54 Å². The summed E-state index contributed by atoms with van der Waals surface area (Å²) in [5.74, 6) is 0.992. The molecular weight excluding hydrogens is 337 g/mol. The fraction of sp³-hybridized carbons (Fsp3) is 0.500. The molecule has 7 nitrogen and oxygen atoms in total. The zero-order chi connectivity index (χ0) is 18.9. The minimum Gasteiger partial charge on any atom is -0.444 e. The Morgan fingerprint density at radius 2 is 2.04 bits per heavy atom. The molecule has 0 atom stereocenters. The average molecular weight is 359 g/mol. The smallest absolute Gasteiger partial charge is 0.412 e. The van der Waals surface area contributed by atoms with Crippen LogP contribution in [0, 0.1) is 12.7 Å². The molecule has 138 valence electrons. The van der Waals surface area contributed by atoms with Gasteiger partial charge in [0.25, 0.3) is 0 Å². The van der Waals surface area contributed by atoms with E-state index >= 15 is 0 Å². The molecule has 1 spiro atoms. The van der Waals surface area contributed by atoms with Crippen LogP contribution in [-0.2, 0) is 10.3 Å². The summed E-state index contributed by atoms with van der Waals surface area (Å²) in [6, 6.07) is 2.73. The average Bonchev–Trinajstić information content (AvgIpc) is 3.19. The Kier molecular flexibility index (Phi) is 3.35. The van der Waals surface area contributed by atoms with E-state index in [1.54, 1.807) is 25.5 Å². The van der Waals surface area contributed by atoms with Crippen molar-refractivity contribution in [2.75, 3.05) is 17.3 Å². The van der Waals surface area contributed by atoms with Crippen LogP contribution < -0.4 is 10.2 Å². The lowest BCUT2D eigenvalue weighted by atomic mass is 10.1. The highest BCUT2D eigenvalue weighted by molar-refractivity contribution is 5.93. The fourth-order valence-corrected chi connectivity index (χ4v) is 3.53. The van der Waals surface area contributed by atoms with Crippen LogP contribution in [0.5, 0.6) is 0 Å². The highest BCUT2D eigenvalue weighted by atomic mass is 19.1. The van der Waals surface area contributed by atoms with Gasteiger partial charge in [0.2, 0.25) is 0 Å². The number of hydrogen-bond acceptors (Lipinski definition) is 5. The van der Waals surface area contributed by atoms with Gasteiger partial charge in [0, 0.05) is 13.1 Å². The summed E-state index contributed by atoms with van der Waals surface area (Å²) in [5, 5.41) is 7.15. The van der Waals surface area contributed by atoms with Gasteiger partial charge in [0.05, 0.1) is 17.1 Å². The van der Waals surface area contributed by atoms with Crippen molar-refractivity contribution in [3.63, 3.8) is 0 Å². The van der Waals surface area contributed by atoms with E-state index in [0.29, 0.717) is 22.9 Å². The first-order valence-corrected chi connectivity index (χ1v) is 8.63. The minimum atomic E-state index is -0.642. The molecule has 1 aromatic heterocycles. The molecule has 0 bridgehead atoms. The predicted octanol–water partition coefficient (Wildman–Crippen LogP) is 3.50. The molecule has 2 aromatic rings. The summed E-state index contributed by atoms with van der Waals surface area (Å²) in [5.41, 5.74) is 0.744. The number of aryl methyl sites for hydroxylation is 1. The lowest BCUT2D eigenvalue weighted by Gasteiger charge is -2.37. The number of amides is 1. The van der Waals surface area contributed by atoms with Crippen molar-refractivity contribution in [3.05, 3.63) is 29.6 Å². The monoisotopic (exact) mass is 359 g/mol. The molecule has 1 saturated carbocycles. The van der Waals surface area contributed by atoms with E-state index < -0.39 is 17.5 Å². The van der Waals surface area contributed by atoms with Crippen LogP contribution in [-0.4, -0.2) is 33.5 Å². The lowest BCUT2D eigenvalue weighted by molar-refractivity contribution is 0.0636. The second-order valence-corrected chi connectivity index (χ2v) is 7.93. The first-order valence-electron chi connectivity index (χ1n) is 8.63. The molecule has 26 heavy (non-hydrogen) atoms. The van der Waals surface area contributed by atoms with Crippen LogP contribution in [0.3, 0.4) is 0 Å². The molecule has 1 aromatic carbocycles. The molecule has 0 radical (unpaired) electrons. The molecule has 1 aliphatic heterocycles. The van der Waals surface area contributed by atoms with Crippen LogP contribution in [0.4, 0.5) is 20.6 Å². The summed E-state index contributed by atoms with van der Waals surface area (Å²) in [4.78, 5) is 18.9. The molecule has 1 N–H and O–H groups in total. The van der Waals surface area contributed by atoms with Gasteiger partial charge in [-0.25, -0.2) is 18.9 Å². The third-order valence-electron chi connectivity index (χ3n) is 4.75. The molecule has 4 rings (SSSR count). The number of carbonyl (C=O) groups is 1. The molecule has 1 fully saturated rings. The first kappa shape index (κ1) is 16.8. The topological polar surface area (TPSA) is 72.3 Å². The number of anilines is 2. The maximum Gasteiger partial charge on any atom is 0.412 e. The zero-order valence-electron chi connectivity index (χ0n) is 15.6. The zero-order valence-corrected chi connectivity index (χ0v) is 15.6. The Labute approximate surface area is 151 Å². The minimum absolute atomic E-state index is 0.254. The second-order valence-electron chi connectivity index (χ2n) is 7.93. The van der Waals surface area contributed by atoms with Gasteiger partial charge in [-0.15, -0.1) is 0 Å². The molecule has 0 unspecified atom stereocenters. The van der Waals surface area contributed by atoms with Crippen molar-refractivity contribution in [3.8, 4) is 5.69 Å². The number of rotatable bonds is 1. The Bertz CT molecular complexity index is 911. The van der Waals surface area contributed by atoms with Gasteiger partial charge in [-0.3, -0.25) is 5.32 Å². The number of fused-ring (bicyclic) bond motifs is 4. The summed E-state index contributed by atoms with van der Waals surface area (Å²) in [7, 11) is 1.94. The Balaban J connectivity index is 1.83. The van der Waals surface area contributed by atoms with E-state index in [4.69, 9.17) is 4.74 Å². The normalized spacial score (nSPS) is 16.9. The van der Waals surface area contributed by atoms with Gasteiger partial charge in [0.15, 0.2) is 5.82 Å². The highest BCUT2D eigenvalue weighted by Crippen LogP contribution is 2.56. The van der Waals surface area contributed by atoms with Gasteiger partial charge in [-0.2, -0.15) is 5.10 Å². The van der Waals surface area contributed by atoms with Crippen molar-refractivity contribution < 1.29 is 13.9 Å². The van der Waals surface area contributed by atoms with Crippen LogP contribution >= 0.6 is 0 Å². The van der Waals surface area contributed by atoms with Crippen molar-refractivity contribution in [1.82, 2.24) is 14.8 Å². The Hall–Kier alpha value is -2.64. The highest BCUT2D eigenvalue weighted by Gasteiger charge is 2.55. The summed E-state index contributed by atoms with van der Waals surface area (Å²) in [6.45, 7) is 7.16. The quantitative estimate of drug-likeness (QED) is 0.844. The van der Waals surface area contributed by atoms with E-state index in [1.165, 1.54) is 12.1 Å². The Morgan fingerprint density at radius 1 is 1.35 bits per heavy atom. The molecule has 2 aliphatic rings. The van der Waals surface area contributed by atoms with Gasteiger partial charge in [-0.05, 0) is 46.6 Å². The first-order chi connectivity index (χ1) is 12.1. The number of nitrogens with one attached hydrogen (secondary N) is 1. The van der Waals surface area contributed by atoms with Crippen LogP contribution in [0.15, 0.2) is 12.1 Å². The van der Waals surface area contributed by atoms with Gasteiger partial charge in [-0.1, -0.05) is 0 Å². The third kappa shape index (κ3) is 2.51. The molecule has 8 heteroatoms. The largest absolute Gasteiger partial charge is 0.444 e. The van der Waals surface area contributed by atoms with E-state index in [0.717, 1.165) is 18.7 Å². The second kappa shape index (κ2) is 5.18. The molecule has 1 aliphatic carbocycles. The summed E-state index contributed by atoms with van der Waals surface area (Å²) >= 11 is 0. The number of halogens is 1. The van der Waals surface area contributed by atoms with E-state index in [1.807, 2.05) is 14.0 Å². The number of aromatic nitrogens is 3. The molecule has 0 saturated heterocycles. The van der Waals surface area contributed by atoms with Gasteiger partial charge in [0.1, 0.15) is 22.8 Å². The van der Waals surface area contributed by atoms with Crippen LogP contribution in [0.1, 0.15) is 45.3 Å². The SMILES string of the molecule is Cc1nc2n(n1)-c1cc(F)cc(NC(=O)OC(C)(C)C)c1N(C)C21CC1. The van der Waals surface area contributed by atoms with Crippen molar-refractivity contribution in [2.45, 2.75) is 51.7 Å². The van der Waals surface area contributed by atoms with E-state index in [9.17, 15) is 9.18 Å². The van der Waals surface area contributed by atoms with Crippen LogP contribution in [0.25, 0.3) is 5.69 Å². The van der Waals surface area contributed by atoms with Gasteiger partial charge >= 0.3 is 6.09 Å². The predicted molar refractivity (Wildman–Crippen MR) is 95.2 cm³/mol. The Morgan fingerprint density at radius 3 is 2.65 bits per heavy atom. The summed E-state index contributed by atoms with van der Waals surface area (Å²) in [6.07, 6.45) is 1.25. The van der Waals surface area contributed by atoms with Gasteiger partial charge < -0.3 is 9.64 Å². The van der Waals surface area contributed by atoms with Crippen LogP contribution in [0.2, 0.25) is 0 Å². The third-order valence-corrected chi connectivity index (χ3v) is 4.75. The number of ether oxygens (including phenoxy) is 1. The maximum atomic E-state index is 14.3. The fourth-order valence-electron chi connectivity index (χ4n) is 3.53. The number of benzene rings is 1. The summed E-state index contributed by atoms with van der Waals surface area (Å²) < 4.78 is 21.3. The standard InChI is InChI=1S/C18H22FN5O2/c1-10-20-15-18(6-7-18)23(5)14-12(21-16(25)26-17(2,3)4)8-11(19)9-13(14)24(15)22-10/h8-9H,6-7H2,1-5H3,(H,21,25). The lowest BCUT2D eigenvalue weighted by Crippen LogP contribution is -2.39. The maximum absolute atomic E-state index is 14.3. The van der Waals surface area contributed by atoms with E-state index in [2.05, 4.69) is 20.3 Å². The van der Waals surface area contributed by atoms with Crippen molar-refractivity contribution >= 4 is 17.5 Å². The molecule has 2 heterocycles. The number of carbonyl (C=O) groups excluding carboxylic acids is 1. The number of nitrogens with zero attached hydrogens (tertiary/aromatic N) is 4.